The summed E-state index contributed by atoms with van der Waals surface area (Å²) in [5, 5.41) is 9.26. The van der Waals surface area contributed by atoms with Crippen LogP contribution in [0.5, 0.6) is 0 Å². The Kier molecular flexibility index (Phi) is 4.09. The second kappa shape index (κ2) is 5.63. The molecule has 0 saturated carbocycles. The van der Waals surface area contributed by atoms with Gasteiger partial charge in [0.1, 0.15) is 6.04 Å². The summed E-state index contributed by atoms with van der Waals surface area (Å²) in [4.78, 5) is 25.3. The largest absolute Gasteiger partial charge is 0.480 e. The van der Waals surface area contributed by atoms with Crippen LogP contribution >= 0.6 is 0 Å². The van der Waals surface area contributed by atoms with E-state index in [1.807, 2.05) is 26.0 Å². The molecule has 0 spiro atoms. The molecule has 1 aliphatic rings. The molecule has 0 bridgehead atoms. The van der Waals surface area contributed by atoms with E-state index in [4.69, 9.17) is 4.74 Å². The zero-order chi connectivity index (χ0) is 14.9. The van der Waals surface area contributed by atoms with Crippen LogP contribution in [-0.4, -0.2) is 47.7 Å². The highest BCUT2D eigenvalue weighted by Gasteiger charge is 2.40. The lowest BCUT2D eigenvalue weighted by molar-refractivity contribution is -0.141. The molecule has 0 aromatic heterocycles. The number of likely N-dealkylation sites (tertiary alicyclic amines) is 1. The lowest BCUT2D eigenvalue weighted by Crippen LogP contribution is -2.40. The van der Waals surface area contributed by atoms with Crippen molar-refractivity contribution < 1.29 is 19.4 Å². The third-order valence-electron chi connectivity index (χ3n) is 3.75. The monoisotopic (exact) mass is 277 g/mol. The van der Waals surface area contributed by atoms with Gasteiger partial charge in [0.25, 0.3) is 5.91 Å². The van der Waals surface area contributed by atoms with Crippen LogP contribution in [0.1, 0.15) is 27.9 Å². The van der Waals surface area contributed by atoms with Gasteiger partial charge in [0.15, 0.2) is 0 Å². The van der Waals surface area contributed by atoms with Crippen LogP contribution in [0.3, 0.4) is 0 Å². The number of hydrogen-bond acceptors (Lipinski definition) is 3. The lowest BCUT2D eigenvalue weighted by Gasteiger charge is -2.22. The van der Waals surface area contributed by atoms with Gasteiger partial charge in [-0.05, 0) is 25.5 Å². The van der Waals surface area contributed by atoms with Crippen LogP contribution in [0, 0.1) is 13.8 Å². The van der Waals surface area contributed by atoms with Crippen molar-refractivity contribution >= 4 is 11.9 Å². The van der Waals surface area contributed by atoms with Crippen LogP contribution < -0.4 is 0 Å². The molecule has 0 aliphatic carbocycles. The number of carboxylic acid groups (broad SMARTS) is 1. The summed E-state index contributed by atoms with van der Waals surface area (Å²) in [6, 6.07) is 4.73. The molecule has 2 unspecified atom stereocenters. The lowest BCUT2D eigenvalue weighted by atomic mass is 10.0. The standard InChI is InChI=1S/C15H19NO4/c1-9-4-5-12(10(2)6-9)14(17)16-8-11(20-3)7-13(16)15(18)19/h4-6,11,13H,7-8H2,1-3H3,(H,18,19). The molecule has 5 heteroatoms. The zero-order valence-electron chi connectivity index (χ0n) is 11.9. The Balaban J connectivity index is 2.29. The number of carbonyl (C=O) groups is 2. The number of hydrogen-bond donors (Lipinski definition) is 1. The average Bonchev–Trinajstić information content (AvgIpc) is 2.82. The quantitative estimate of drug-likeness (QED) is 0.911. The molecule has 1 aliphatic heterocycles. The molecule has 1 amide bonds. The minimum absolute atomic E-state index is 0.217. The Morgan fingerprint density at radius 2 is 2.05 bits per heavy atom. The molecule has 1 N–H and O–H groups in total. The first-order chi connectivity index (χ1) is 9.43. The van der Waals surface area contributed by atoms with E-state index in [1.54, 1.807) is 6.07 Å². The molecule has 108 valence electrons. The fourth-order valence-electron chi connectivity index (χ4n) is 2.64. The van der Waals surface area contributed by atoms with Gasteiger partial charge in [0.2, 0.25) is 0 Å². The average molecular weight is 277 g/mol. The van der Waals surface area contributed by atoms with Crippen molar-refractivity contribution in [3.05, 3.63) is 34.9 Å². The van der Waals surface area contributed by atoms with E-state index in [-0.39, 0.29) is 12.0 Å². The van der Waals surface area contributed by atoms with Gasteiger partial charge in [-0.2, -0.15) is 0 Å². The predicted molar refractivity (Wildman–Crippen MR) is 73.8 cm³/mol. The number of carboxylic acids is 1. The maximum Gasteiger partial charge on any atom is 0.326 e. The molecular weight excluding hydrogens is 258 g/mol. The summed E-state index contributed by atoms with van der Waals surface area (Å²) in [5.74, 6) is -1.22. The van der Waals surface area contributed by atoms with Crippen LogP contribution in [-0.2, 0) is 9.53 Å². The van der Waals surface area contributed by atoms with E-state index in [0.29, 0.717) is 18.5 Å². The molecule has 1 heterocycles. The Bertz CT molecular complexity index is 541. The molecule has 1 saturated heterocycles. The second-order valence-corrected chi connectivity index (χ2v) is 5.22. The number of nitrogens with zero attached hydrogens (tertiary/aromatic N) is 1. The van der Waals surface area contributed by atoms with Crippen LogP contribution in [0.4, 0.5) is 0 Å². The van der Waals surface area contributed by atoms with Crippen molar-refractivity contribution in [2.45, 2.75) is 32.4 Å². The Morgan fingerprint density at radius 1 is 1.35 bits per heavy atom. The number of aliphatic carboxylic acids is 1. The number of carbonyl (C=O) groups excluding carboxylic acids is 1. The molecule has 2 atom stereocenters. The van der Waals surface area contributed by atoms with Gasteiger partial charge in [-0.15, -0.1) is 0 Å². The SMILES string of the molecule is COC1CC(C(=O)O)N(C(=O)c2ccc(C)cc2C)C1. The normalized spacial score (nSPS) is 22.1. The van der Waals surface area contributed by atoms with Gasteiger partial charge in [0.05, 0.1) is 6.10 Å². The number of amides is 1. The van der Waals surface area contributed by atoms with Gasteiger partial charge < -0.3 is 14.7 Å². The summed E-state index contributed by atoms with van der Waals surface area (Å²) < 4.78 is 5.20. The van der Waals surface area contributed by atoms with Crippen molar-refractivity contribution in [3.63, 3.8) is 0 Å². The Hall–Kier alpha value is -1.88. The minimum Gasteiger partial charge on any atom is -0.480 e. The van der Waals surface area contributed by atoms with Crippen molar-refractivity contribution in [2.75, 3.05) is 13.7 Å². The summed E-state index contributed by atoms with van der Waals surface area (Å²) >= 11 is 0. The third kappa shape index (κ3) is 2.67. The summed E-state index contributed by atoms with van der Waals surface area (Å²) in [6.07, 6.45) is 0.119. The number of rotatable bonds is 3. The van der Waals surface area contributed by atoms with Gasteiger partial charge >= 0.3 is 5.97 Å². The minimum atomic E-state index is -0.984. The molecule has 5 nitrogen and oxygen atoms in total. The maximum absolute atomic E-state index is 12.6. The molecule has 2 rings (SSSR count). The van der Waals surface area contributed by atoms with Gasteiger partial charge in [-0.1, -0.05) is 17.7 Å². The molecule has 1 aromatic rings. The highest BCUT2D eigenvalue weighted by molar-refractivity contribution is 5.98. The number of methoxy groups -OCH3 is 1. The van der Waals surface area contributed by atoms with Crippen molar-refractivity contribution in [1.82, 2.24) is 4.90 Å². The molecule has 20 heavy (non-hydrogen) atoms. The Morgan fingerprint density at radius 3 is 2.60 bits per heavy atom. The topological polar surface area (TPSA) is 66.8 Å². The van der Waals surface area contributed by atoms with Gasteiger partial charge in [-0.25, -0.2) is 4.79 Å². The van der Waals surface area contributed by atoms with Crippen LogP contribution in [0.2, 0.25) is 0 Å². The van der Waals surface area contributed by atoms with E-state index in [0.717, 1.165) is 11.1 Å². The first kappa shape index (κ1) is 14.5. The maximum atomic E-state index is 12.6. The molecular formula is C15H19NO4. The fourth-order valence-corrected chi connectivity index (χ4v) is 2.64. The summed E-state index contributed by atoms with van der Waals surface area (Å²) in [5.41, 5.74) is 2.49. The van der Waals surface area contributed by atoms with E-state index in [2.05, 4.69) is 0 Å². The zero-order valence-corrected chi connectivity index (χ0v) is 11.9. The smallest absolute Gasteiger partial charge is 0.326 e. The third-order valence-corrected chi connectivity index (χ3v) is 3.75. The molecule has 0 radical (unpaired) electrons. The van der Waals surface area contributed by atoms with E-state index in [1.165, 1.54) is 12.0 Å². The Labute approximate surface area is 118 Å². The number of aryl methyl sites for hydroxylation is 2. The van der Waals surface area contributed by atoms with Crippen LogP contribution in [0.15, 0.2) is 18.2 Å². The van der Waals surface area contributed by atoms with Crippen molar-refractivity contribution in [1.29, 1.82) is 0 Å². The van der Waals surface area contributed by atoms with E-state index in [9.17, 15) is 14.7 Å². The first-order valence-corrected chi connectivity index (χ1v) is 6.58. The highest BCUT2D eigenvalue weighted by atomic mass is 16.5. The predicted octanol–water partition coefficient (Wildman–Crippen LogP) is 1.62. The summed E-state index contributed by atoms with van der Waals surface area (Å²) in [6.45, 7) is 4.14. The molecule has 1 aromatic carbocycles. The fraction of sp³-hybridized carbons (Fsp3) is 0.467. The van der Waals surface area contributed by atoms with E-state index >= 15 is 0 Å². The first-order valence-electron chi connectivity index (χ1n) is 6.58. The number of ether oxygens (including phenoxy) is 1. The van der Waals surface area contributed by atoms with Crippen molar-refractivity contribution in [2.24, 2.45) is 0 Å². The molecule has 1 fully saturated rings. The van der Waals surface area contributed by atoms with Gasteiger partial charge in [0, 0.05) is 25.6 Å². The van der Waals surface area contributed by atoms with Gasteiger partial charge in [-0.3, -0.25) is 4.79 Å². The van der Waals surface area contributed by atoms with Crippen molar-refractivity contribution in [3.8, 4) is 0 Å². The summed E-state index contributed by atoms with van der Waals surface area (Å²) in [7, 11) is 1.54. The highest BCUT2D eigenvalue weighted by Crippen LogP contribution is 2.24. The van der Waals surface area contributed by atoms with E-state index < -0.39 is 12.0 Å². The second-order valence-electron chi connectivity index (χ2n) is 5.22. The number of benzene rings is 1. The van der Waals surface area contributed by atoms with Crippen LogP contribution in [0.25, 0.3) is 0 Å².